The molecule has 0 saturated carbocycles. The Morgan fingerprint density at radius 1 is 1.20 bits per heavy atom. The molecule has 5 heteroatoms. The number of hydrogen-bond donors (Lipinski definition) is 1. The van der Waals surface area contributed by atoms with E-state index in [2.05, 4.69) is 5.32 Å². The summed E-state index contributed by atoms with van der Waals surface area (Å²) in [7, 11) is 0. The molecule has 1 N–H and O–H groups in total. The van der Waals surface area contributed by atoms with Gasteiger partial charge in [-0.1, -0.05) is 23.7 Å². The van der Waals surface area contributed by atoms with Crippen LogP contribution in [0.5, 0.6) is 11.5 Å². The maximum atomic E-state index is 13.8. The molecule has 3 rings (SSSR count). The molecule has 0 bridgehead atoms. The summed E-state index contributed by atoms with van der Waals surface area (Å²) in [4.78, 5) is 0. The molecular weight excluding hydrogens is 281 g/mol. The first-order chi connectivity index (χ1) is 9.65. The molecule has 1 heterocycles. The van der Waals surface area contributed by atoms with Gasteiger partial charge in [-0.25, -0.2) is 4.39 Å². The summed E-state index contributed by atoms with van der Waals surface area (Å²) < 4.78 is 24.4. The molecule has 104 valence electrons. The first-order valence-electron chi connectivity index (χ1n) is 6.25. The van der Waals surface area contributed by atoms with E-state index in [0.717, 1.165) is 11.3 Å². The minimum absolute atomic E-state index is 0.112. The van der Waals surface area contributed by atoms with Crippen molar-refractivity contribution in [2.24, 2.45) is 0 Å². The van der Waals surface area contributed by atoms with E-state index < -0.39 is 0 Å². The van der Waals surface area contributed by atoms with Crippen LogP contribution in [-0.4, -0.2) is 6.79 Å². The van der Waals surface area contributed by atoms with Gasteiger partial charge in [0.15, 0.2) is 11.5 Å². The van der Waals surface area contributed by atoms with Crippen molar-refractivity contribution in [2.75, 3.05) is 12.1 Å². The molecule has 0 fully saturated rings. The average molecular weight is 294 g/mol. The van der Waals surface area contributed by atoms with Crippen molar-refractivity contribution < 1.29 is 13.9 Å². The Balaban J connectivity index is 1.84. The smallest absolute Gasteiger partial charge is 0.231 e. The summed E-state index contributed by atoms with van der Waals surface area (Å²) in [5.74, 6) is 1.06. The molecule has 3 nitrogen and oxygen atoms in total. The number of fused-ring (bicyclic) bond motifs is 1. The Morgan fingerprint density at radius 3 is 2.80 bits per heavy atom. The van der Waals surface area contributed by atoms with E-state index in [1.165, 1.54) is 6.07 Å². The second-order valence-corrected chi connectivity index (χ2v) is 4.98. The largest absolute Gasteiger partial charge is 0.454 e. The summed E-state index contributed by atoms with van der Waals surface area (Å²) in [6.45, 7) is 2.17. The minimum atomic E-state index is -0.370. The Bertz CT molecular complexity index is 628. The van der Waals surface area contributed by atoms with E-state index in [1.807, 2.05) is 25.1 Å². The van der Waals surface area contributed by atoms with Crippen LogP contribution in [0.4, 0.5) is 10.1 Å². The van der Waals surface area contributed by atoms with E-state index in [9.17, 15) is 4.39 Å². The van der Waals surface area contributed by atoms with Gasteiger partial charge < -0.3 is 14.8 Å². The third kappa shape index (κ3) is 2.39. The fourth-order valence-electron chi connectivity index (χ4n) is 2.12. The van der Waals surface area contributed by atoms with Crippen LogP contribution < -0.4 is 14.8 Å². The molecule has 0 aromatic heterocycles. The van der Waals surface area contributed by atoms with Crippen LogP contribution in [0.3, 0.4) is 0 Å². The number of nitrogens with one attached hydrogen (secondary N) is 1. The highest BCUT2D eigenvalue weighted by Crippen LogP contribution is 2.35. The van der Waals surface area contributed by atoms with Gasteiger partial charge in [0.05, 0.1) is 10.7 Å². The lowest BCUT2D eigenvalue weighted by Gasteiger charge is -2.17. The van der Waals surface area contributed by atoms with Crippen molar-refractivity contribution >= 4 is 17.3 Å². The van der Waals surface area contributed by atoms with Crippen LogP contribution in [0.2, 0.25) is 5.02 Å². The highest BCUT2D eigenvalue weighted by Gasteiger charge is 2.17. The Morgan fingerprint density at radius 2 is 2.00 bits per heavy atom. The van der Waals surface area contributed by atoms with Crippen LogP contribution in [0.15, 0.2) is 36.4 Å². The Kier molecular flexibility index (Phi) is 3.40. The summed E-state index contributed by atoms with van der Waals surface area (Å²) in [6, 6.07) is 10.1. The van der Waals surface area contributed by atoms with Gasteiger partial charge in [0.2, 0.25) is 6.79 Å². The molecule has 1 aliphatic heterocycles. The highest BCUT2D eigenvalue weighted by molar-refractivity contribution is 6.33. The number of para-hydroxylation sites is 1. The van der Waals surface area contributed by atoms with E-state index in [4.69, 9.17) is 21.1 Å². The van der Waals surface area contributed by atoms with E-state index in [0.29, 0.717) is 16.5 Å². The number of anilines is 1. The lowest BCUT2D eigenvalue weighted by Crippen LogP contribution is -2.08. The maximum Gasteiger partial charge on any atom is 0.231 e. The molecule has 1 unspecified atom stereocenters. The van der Waals surface area contributed by atoms with Gasteiger partial charge in [0.1, 0.15) is 5.82 Å². The SMILES string of the molecule is CC(Nc1c(F)cccc1Cl)c1ccc2c(c1)OCO2. The molecule has 0 amide bonds. The monoisotopic (exact) mass is 293 g/mol. The van der Waals surface area contributed by atoms with Crippen LogP contribution in [-0.2, 0) is 0 Å². The predicted octanol–water partition coefficient (Wildman–Crippen LogP) is 4.38. The summed E-state index contributed by atoms with van der Waals surface area (Å²) in [5, 5.41) is 3.44. The van der Waals surface area contributed by atoms with Crippen molar-refractivity contribution in [2.45, 2.75) is 13.0 Å². The number of ether oxygens (including phenoxy) is 2. The molecule has 2 aromatic rings. The number of benzene rings is 2. The molecule has 0 spiro atoms. The first kappa shape index (κ1) is 13.1. The second-order valence-electron chi connectivity index (χ2n) is 4.58. The quantitative estimate of drug-likeness (QED) is 0.911. The zero-order valence-electron chi connectivity index (χ0n) is 10.8. The van der Waals surface area contributed by atoms with Crippen LogP contribution in [0.25, 0.3) is 0 Å². The number of halogens is 2. The van der Waals surface area contributed by atoms with Gasteiger partial charge >= 0.3 is 0 Å². The second kappa shape index (κ2) is 5.21. The molecule has 2 aromatic carbocycles. The van der Waals surface area contributed by atoms with E-state index >= 15 is 0 Å². The zero-order chi connectivity index (χ0) is 14.1. The molecule has 0 radical (unpaired) electrons. The van der Waals surface area contributed by atoms with Gasteiger partial charge in [0.25, 0.3) is 0 Å². The van der Waals surface area contributed by atoms with Crippen molar-refractivity contribution in [3.63, 3.8) is 0 Å². The van der Waals surface area contributed by atoms with Gasteiger partial charge in [0, 0.05) is 6.04 Å². The molecule has 20 heavy (non-hydrogen) atoms. The third-order valence-electron chi connectivity index (χ3n) is 3.22. The molecule has 0 saturated heterocycles. The van der Waals surface area contributed by atoms with Gasteiger partial charge in [-0.3, -0.25) is 0 Å². The fourth-order valence-corrected chi connectivity index (χ4v) is 2.34. The molecule has 1 atom stereocenters. The summed E-state index contributed by atoms with van der Waals surface area (Å²) >= 11 is 6.01. The van der Waals surface area contributed by atoms with Crippen LogP contribution >= 0.6 is 11.6 Å². The molecular formula is C15H13ClFNO2. The fraction of sp³-hybridized carbons (Fsp3) is 0.200. The standard InChI is InChI=1S/C15H13ClFNO2/c1-9(18-15-11(16)3-2-4-12(15)17)10-5-6-13-14(7-10)20-8-19-13/h2-7,9,18H,8H2,1H3. The number of rotatable bonds is 3. The Labute approximate surface area is 121 Å². The average Bonchev–Trinajstić information content (AvgIpc) is 2.90. The third-order valence-corrected chi connectivity index (χ3v) is 3.54. The van der Waals surface area contributed by atoms with Gasteiger partial charge in [-0.2, -0.15) is 0 Å². The van der Waals surface area contributed by atoms with E-state index in [1.54, 1.807) is 12.1 Å². The van der Waals surface area contributed by atoms with Crippen LogP contribution in [0.1, 0.15) is 18.5 Å². The van der Waals surface area contributed by atoms with Crippen molar-refractivity contribution in [1.29, 1.82) is 0 Å². The Hall–Kier alpha value is -1.94. The number of hydrogen-bond acceptors (Lipinski definition) is 3. The molecule has 0 aliphatic carbocycles. The van der Waals surface area contributed by atoms with Gasteiger partial charge in [-0.15, -0.1) is 0 Å². The van der Waals surface area contributed by atoms with Crippen LogP contribution in [0, 0.1) is 5.82 Å². The zero-order valence-corrected chi connectivity index (χ0v) is 11.6. The van der Waals surface area contributed by atoms with Crippen molar-refractivity contribution in [1.82, 2.24) is 0 Å². The maximum absolute atomic E-state index is 13.8. The van der Waals surface area contributed by atoms with E-state index in [-0.39, 0.29) is 18.7 Å². The minimum Gasteiger partial charge on any atom is -0.454 e. The van der Waals surface area contributed by atoms with Crippen molar-refractivity contribution in [3.8, 4) is 11.5 Å². The van der Waals surface area contributed by atoms with Crippen molar-refractivity contribution in [3.05, 3.63) is 52.8 Å². The molecule has 1 aliphatic rings. The summed E-state index contributed by atoms with van der Waals surface area (Å²) in [5.41, 5.74) is 1.27. The van der Waals surface area contributed by atoms with Gasteiger partial charge in [-0.05, 0) is 36.8 Å². The predicted molar refractivity (Wildman–Crippen MR) is 76.0 cm³/mol. The first-order valence-corrected chi connectivity index (χ1v) is 6.63. The lowest BCUT2D eigenvalue weighted by molar-refractivity contribution is 0.174. The lowest BCUT2D eigenvalue weighted by atomic mass is 10.1. The topological polar surface area (TPSA) is 30.5 Å². The summed E-state index contributed by atoms with van der Waals surface area (Å²) in [6.07, 6.45) is 0. The normalized spacial score (nSPS) is 14.2. The highest BCUT2D eigenvalue weighted by atomic mass is 35.5.